The zero-order chi connectivity index (χ0) is 23.8. The van der Waals surface area contributed by atoms with Crippen LogP contribution in [0.2, 0.25) is 0 Å². The van der Waals surface area contributed by atoms with Gasteiger partial charge in [-0.05, 0) is 62.1 Å². The van der Waals surface area contributed by atoms with Gasteiger partial charge in [0.25, 0.3) is 5.91 Å². The number of H-pyrrole nitrogens is 1. The third-order valence-electron chi connectivity index (χ3n) is 7.43. The fourth-order valence-electron chi connectivity index (χ4n) is 5.42. The number of nitrogens with zero attached hydrogens (tertiary/aromatic N) is 2. The largest absolute Gasteiger partial charge is 0.496 e. The Labute approximate surface area is 197 Å². The van der Waals surface area contributed by atoms with E-state index < -0.39 is 12.1 Å². The number of likely N-dealkylation sites (tertiary alicyclic amines) is 1. The third-order valence-corrected chi connectivity index (χ3v) is 7.43. The van der Waals surface area contributed by atoms with Gasteiger partial charge in [-0.1, -0.05) is 6.07 Å². The van der Waals surface area contributed by atoms with Gasteiger partial charge in [0.15, 0.2) is 0 Å². The first kappa shape index (κ1) is 22.3. The Kier molecular flexibility index (Phi) is 5.90. The molecule has 9 nitrogen and oxygen atoms in total. The minimum Gasteiger partial charge on any atom is -0.496 e. The first-order valence-electron chi connectivity index (χ1n) is 11.9. The van der Waals surface area contributed by atoms with Crippen LogP contribution in [0, 0.1) is 29.1 Å². The number of rotatable bonds is 6. The zero-order valence-electron chi connectivity index (χ0n) is 19.2. The summed E-state index contributed by atoms with van der Waals surface area (Å²) in [6.07, 6.45) is 3.46. The molecule has 178 valence electrons. The van der Waals surface area contributed by atoms with Crippen LogP contribution in [0.15, 0.2) is 24.3 Å². The molecule has 9 heteroatoms. The van der Waals surface area contributed by atoms with Crippen LogP contribution in [0.3, 0.4) is 0 Å². The lowest BCUT2D eigenvalue weighted by Gasteiger charge is -2.35. The molecule has 3 aliphatic rings. The Bertz CT molecular complexity index is 1170. The van der Waals surface area contributed by atoms with E-state index in [1.165, 1.54) is 0 Å². The lowest BCUT2D eigenvalue weighted by atomic mass is 9.91. The van der Waals surface area contributed by atoms with Crippen molar-refractivity contribution in [1.82, 2.24) is 20.5 Å². The molecule has 1 aromatic heterocycles. The summed E-state index contributed by atoms with van der Waals surface area (Å²) >= 11 is 0. The number of ether oxygens (including phenoxy) is 1. The van der Waals surface area contributed by atoms with E-state index in [9.17, 15) is 19.6 Å². The number of benzene rings is 1. The van der Waals surface area contributed by atoms with E-state index >= 15 is 0 Å². The summed E-state index contributed by atoms with van der Waals surface area (Å²) in [5.74, 6) is 0.629. The van der Waals surface area contributed by atoms with Crippen LogP contribution >= 0.6 is 0 Å². The fraction of sp³-hybridized carbons (Fsp3) is 0.520. The number of aromatic amines is 1. The van der Waals surface area contributed by atoms with Gasteiger partial charge in [-0.25, -0.2) is 0 Å². The molecular formula is C25H29N5O4. The Hall–Kier alpha value is -3.54. The molecule has 34 heavy (non-hydrogen) atoms. The summed E-state index contributed by atoms with van der Waals surface area (Å²) in [4.78, 5) is 43.7. The highest BCUT2D eigenvalue weighted by molar-refractivity contribution is 6.01. The predicted molar refractivity (Wildman–Crippen MR) is 124 cm³/mol. The van der Waals surface area contributed by atoms with Gasteiger partial charge in [0, 0.05) is 29.9 Å². The standard InChI is InChI=1S/C25H29N5O4/c1-34-22-6-2-5-19-18(22)11-20(29-19)25(33)30-13-16-8-15(16)10-21(30)24(32)28-17(12-26)9-14-4-3-7-27-23(14)31/h2,5-6,11,14-17,21,29H,3-4,7-10,13H2,1H3,(H,27,31)(H,28,32)/t14-,15?,16?,17-,21?/m0/s1. The minimum absolute atomic E-state index is 0.0646. The number of aromatic nitrogens is 1. The maximum Gasteiger partial charge on any atom is 0.270 e. The SMILES string of the molecule is COc1cccc2[nH]c(C(=O)N3CC4CC4CC3C(=O)N[C@H](C#N)C[C@@H]3CCCNC3=O)cc12. The summed E-state index contributed by atoms with van der Waals surface area (Å²) in [5.41, 5.74) is 1.20. The van der Waals surface area contributed by atoms with Crippen molar-refractivity contribution in [1.29, 1.82) is 5.26 Å². The highest BCUT2D eigenvalue weighted by Gasteiger charge is 2.49. The Morgan fingerprint density at radius 2 is 2.18 bits per heavy atom. The number of piperidine rings is 2. The Morgan fingerprint density at radius 1 is 1.32 bits per heavy atom. The predicted octanol–water partition coefficient (Wildman–Crippen LogP) is 1.95. The molecule has 2 aromatic rings. The second kappa shape index (κ2) is 9.01. The van der Waals surface area contributed by atoms with Crippen molar-refractivity contribution in [3.63, 3.8) is 0 Å². The van der Waals surface area contributed by atoms with E-state index in [2.05, 4.69) is 21.7 Å². The molecule has 2 saturated heterocycles. The molecule has 0 spiro atoms. The summed E-state index contributed by atoms with van der Waals surface area (Å²) in [6, 6.07) is 8.06. The lowest BCUT2D eigenvalue weighted by molar-refractivity contribution is -0.129. The van der Waals surface area contributed by atoms with E-state index in [1.807, 2.05) is 18.2 Å². The highest BCUT2D eigenvalue weighted by Crippen LogP contribution is 2.47. The monoisotopic (exact) mass is 463 g/mol. The molecule has 2 aliphatic heterocycles. The van der Waals surface area contributed by atoms with Gasteiger partial charge in [-0.2, -0.15) is 5.26 Å². The molecule has 5 rings (SSSR count). The average Bonchev–Trinajstić information content (AvgIpc) is 3.48. The molecule has 1 aromatic carbocycles. The van der Waals surface area contributed by atoms with Crippen molar-refractivity contribution < 1.29 is 19.1 Å². The van der Waals surface area contributed by atoms with Crippen LogP contribution in [0.4, 0.5) is 0 Å². The number of nitrogens with one attached hydrogen (secondary N) is 3. The molecule has 0 bridgehead atoms. The molecule has 3 fully saturated rings. The molecule has 1 saturated carbocycles. The van der Waals surface area contributed by atoms with Gasteiger partial charge >= 0.3 is 0 Å². The van der Waals surface area contributed by atoms with Crippen LogP contribution in [-0.4, -0.2) is 59.9 Å². The van der Waals surface area contributed by atoms with Gasteiger partial charge in [-0.3, -0.25) is 14.4 Å². The number of hydrogen-bond acceptors (Lipinski definition) is 5. The zero-order valence-corrected chi connectivity index (χ0v) is 19.2. The third kappa shape index (κ3) is 4.20. The Balaban J connectivity index is 1.33. The van der Waals surface area contributed by atoms with Crippen molar-refractivity contribution in [3.05, 3.63) is 30.0 Å². The maximum atomic E-state index is 13.5. The van der Waals surface area contributed by atoms with Crippen LogP contribution in [0.25, 0.3) is 10.9 Å². The van der Waals surface area contributed by atoms with Crippen molar-refractivity contribution in [2.24, 2.45) is 17.8 Å². The van der Waals surface area contributed by atoms with E-state index in [-0.39, 0.29) is 30.1 Å². The first-order chi connectivity index (χ1) is 16.5. The van der Waals surface area contributed by atoms with Gasteiger partial charge in [0.1, 0.15) is 23.5 Å². The number of methoxy groups -OCH3 is 1. The van der Waals surface area contributed by atoms with Gasteiger partial charge in [-0.15, -0.1) is 0 Å². The van der Waals surface area contributed by atoms with E-state index in [0.717, 1.165) is 23.7 Å². The second-order valence-corrected chi connectivity index (χ2v) is 9.63. The van der Waals surface area contributed by atoms with Crippen molar-refractivity contribution in [2.45, 2.75) is 44.2 Å². The minimum atomic E-state index is -0.771. The van der Waals surface area contributed by atoms with Crippen LogP contribution < -0.4 is 15.4 Å². The molecule has 3 amide bonds. The van der Waals surface area contributed by atoms with Gasteiger partial charge in [0.05, 0.1) is 13.2 Å². The number of carbonyl (C=O) groups excluding carboxylic acids is 3. The number of hydrogen-bond donors (Lipinski definition) is 3. The molecule has 3 heterocycles. The fourth-order valence-corrected chi connectivity index (χ4v) is 5.42. The van der Waals surface area contributed by atoms with Crippen LogP contribution in [-0.2, 0) is 9.59 Å². The molecule has 5 atom stereocenters. The van der Waals surface area contributed by atoms with E-state index in [1.54, 1.807) is 18.1 Å². The number of carbonyl (C=O) groups is 3. The second-order valence-electron chi connectivity index (χ2n) is 9.63. The number of fused-ring (bicyclic) bond motifs is 2. The number of amides is 3. The van der Waals surface area contributed by atoms with Crippen molar-refractivity contribution >= 4 is 28.6 Å². The maximum absolute atomic E-state index is 13.5. The van der Waals surface area contributed by atoms with E-state index in [0.29, 0.717) is 49.2 Å². The summed E-state index contributed by atoms with van der Waals surface area (Å²) in [5, 5.41) is 16.1. The normalized spacial score (nSPS) is 26.7. The van der Waals surface area contributed by atoms with E-state index in [4.69, 9.17) is 4.74 Å². The van der Waals surface area contributed by atoms with Gasteiger partial charge < -0.3 is 25.3 Å². The molecule has 3 N–H and O–H groups in total. The van der Waals surface area contributed by atoms with Gasteiger partial charge in [0.2, 0.25) is 11.8 Å². The summed E-state index contributed by atoms with van der Waals surface area (Å²) in [6.45, 7) is 1.18. The highest BCUT2D eigenvalue weighted by atomic mass is 16.5. The summed E-state index contributed by atoms with van der Waals surface area (Å²) < 4.78 is 5.41. The Morgan fingerprint density at radius 3 is 2.94 bits per heavy atom. The molecule has 0 radical (unpaired) electrons. The number of nitriles is 1. The first-order valence-corrected chi connectivity index (χ1v) is 11.9. The van der Waals surface area contributed by atoms with Crippen molar-refractivity contribution in [2.75, 3.05) is 20.2 Å². The summed E-state index contributed by atoms with van der Waals surface area (Å²) in [7, 11) is 1.59. The van der Waals surface area contributed by atoms with Crippen LogP contribution in [0.5, 0.6) is 5.75 Å². The van der Waals surface area contributed by atoms with Crippen molar-refractivity contribution in [3.8, 4) is 11.8 Å². The topological polar surface area (TPSA) is 127 Å². The lowest BCUT2D eigenvalue weighted by Crippen LogP contribution is -2.54. The smallest absolute Gasteiger partial charge is 0.270 e. The average molecular weight is 464 g/mol. The quantitative estimate of drug-likeness (QED) is 0.603. The molecular weight excluding hydrogens is 434 g/mol. The molecule has 3 unspecified atom stereocenters. The molecule has 1 aliphatic carbocycles. The van der Waals surface area contributed by atoms with Crippen LogP contribution in [0.1, 0.15) is 42.6 Å².